The summed E-state index contributed by atoms with van der Waals surface area (Å²) < 4.78 is 5.68. The molecule has 4 rings (SSSR count). The summed E-state index contributed by atoms with van der Waals surface area (Å²) in [4.78, 5) is 16.7. The third kappa shape index (κ3) is 3.20. The van der Waals surface area contributed by atoms with E-state index in [9.17, 15) is 4.79 Å². The second kappa shape index (κ2) is 6.62. The summed E-state index contributed by atoms with van der Waals surface area (Å²) in [6.45, 7) is 2.73. The van der Waals surface area contributed by atoms with Gasteiger partial charge in [0.05, 0.1) is 10.7 Å². The molecule has 0 N–H and O–H groups in total. The summed E-state index contributed by atoms with van der Waals surface area (Å²) in [6.07, 6.45) is 0. The summed E-state index contributed by atoms with van der Waals surface area (Å²) in [5.74, 6) is 0.259. The Morgan fingerprint density at radius 1 is 0.960 bits per heavy atom. The second-order valence-electron chi connectivity index (χ2n) is 6.02. The molecule has 0 radical (unpaired) electrons. The molecule has 2 aromatic carbocycles. The van der Waals surface area contributed by atoms with E-state index in [1.54, 1.807) is 24.3 Å². The molecule has 0 bridgehead atoms. The van der Waals surface area contributed by atoms with E-state index in [0.717, 1.165) is 29.2 Å². The van der Waals surface area contributed by atoms with Gasteiger partial charge in [0.2, 0.25) is 0 Å². The van der Waals surface area contributed by atoms with Gasteiger partial charge in [0.1, 0.15) is 5.58 Å². The molecule has 1 saturated heterocycles. The number of nitrogens with zero attached hydrogens (tertiary/aromatic N) is 2. The summed E-state index contributed by atoms with van der Waals surface area (Å²) in [6, 6.07) is 14.9. The number of hydrogen-bond donors (Lipinski definition) is 0. The number of para-hydroxylation sites is 1. The Bertz CT molecular complexity index is 930. The van der Waals surface area contributed by atoms with E-state index in [0.29, 0.717) is 29.5 Å². The Labute approximate surface area is 155 Å². The smallest absolute Gasteiger partial charge is 0.289 e. The van der Waals surface area contributed by atoms with Crippen LogP contribution in [0.15, 0.2) is 52.9 Å². The standard InChI is InChI=1S/C19H16Cl2N2O2/c20-14-5-6-17-13(11-14)12-18(25-17)19(24)23-9-7-22(8-10-23)16-4-2-1-3-15(16)21/h1-6,11-12H,7-10H2. The molecule has 0 atom stereocenters. The Kier molecular flexibility index (Phi) is 4.32. The second-order valence-corrected chi connectivity index (χ2v) is 6.87. The third-order valence-electron chi connectivity index (χ3n) is 4.45. The molecular formula is C19H16Cl2N2O2. The molecule has 3 aromatic rings. The number of carbonyl (C=O) groups excluding carboxylic acids is 1. The SMILES string of the molecule is O=C(c1cc2cc(Cl)ccc2o1)N1CCN(c2ccccc2Cl)CC1. The fraction of sp³-hybridized carbons (Fsp3) is 0.211. The van der Waals surface area contributed by atoms with Crippen molar-refractivity contribution in [1.29, 1.82) is 0 Å². The average molecular weight is 375 g/mol. The molecule has 1 aliphatic rings. The highest BCUT2D eigenvalue weighted by molar-refractivity contribution is 6.33. The quantitative estimate of drug-likeness (QED) is 0.651. The Morgan fingerprint density at radius 2 is 1.72 bits per heavy atom. The molecule has 0 unspecified atom stereocenters. The third-order valence-corrected chi connectivity index (χ3v) is 5.00. The number of piperazine rings is 1. The zero-order chi connectivity index (χ0) is 17.4. The van der Waals surface area contributed by atoms with E-state index in [4.69, 9.17) is 27.6 Å². The number of halogens is 2. The Morgan fingerprint density at radius 3 is 2.48 bits per heavy atom. The maximum Gasteiger partial charge on any atom is 0.289 e. The lowest BCUT2D eigenvalue weighted by atomic mass is 10.2. The molecule has 2 heterocycles. The van der Waals surface area contributed by atoms with Crippen molar-refractivity contribution < 1.29 is 9.21 Å². The first-order chi connectivity index (χ1) is 12.1. The van der Waals surface area contributed by atoms with Crippen molar-refractivity contribution in [3.05, 3.63) is 64.3 Å². The van der Waals surface area contributed by atoms with Crippen LogP contribution < -0.4 is 4.90 Å². The number of amides is 1. The van der Waals surface area contributed by atoms with E-state index in [-0.39, 0.29) is 5.91 Å². The first-order valence-corrected chi connectivity index (χ1v) is 8.85. The molecule has 0 saturated carbocycles. The van der Waals surface area contributed by atoms with Gasteiger partial charge in [-0.3, -0.25) is 4.79 Å². The van der Waals surface area contributed by atoms with E-state index < -0.39 is 0 Å². The van der Waals surface area contributed by atoms with E-state index >= 15 is 0 Å². The normalized spacial score (nSPS) is 15.0. The summed E-state index contributed by atoms with van der Waals surface area (Å²) >= 11 is 12.3. The van der Waals surface area contributed by atoms with E-state index in [1.807, 2.05) is 29.2 Å². The molecular weight excluding hydrogens is 359 g/mol. The number of carbonyl (C=O) groups is 1. The van der Waals surface area contributed by atoms with Crippen LogP contribution in [0, 0.1) is 0 Å². The predicted octanol–water partition coefficient (Wildman–Crippen LogP) is 4.70. The van der Waals surface area contributed by atoms with Gasteiger partial charge in [-0.25, -0.2) is 0 Å². The van der Waals surface area contributed by atoms with Crippen LogP contribution in [0.4, 0.5) is 5.69 Å². The number of furan rings is 1. The van der Waals surface area contributed by atoms with Crippen LogP contribution >= 0.6 is 23.2 Å². The first kappa shape index (κ1) is 16.3. The van der Waals surface area contributed by atoms with E-state index in [2.05, 4.69) is 4.90 Å². The summed E-state index contributed by atoms with van der Waals surface area (Å²) in [7, 11) is 0. The fourth-order valence-corrected chi connectivity index (χ4v) is 3.57. The van der Waals surface area contributed by atoms with Crippen molar-refractivity contribution in [2.45, 2.75) is 0 Å². The average Bonchev–Trinajstić information content (AvgIpc) is 3.05. The molecule has 0 aliphatic carbocycles. The van der Waals surface area contributed by atoms with Crippen LogP contribution in [-0.4, -0.2) is 37.0 Å². The lowest BCUT2D eigenvalue weighted by Crippen LogP contribution is -2.48. The van der Waals surface area contributed by atoms with Gasteiger partial charge in [-0.05, 0) is 36.4 Å². The van der Waals surface area contributed by atoms with Crippen molar-refractivity contribution >= 4 is 45.8 Å². The van der Waals surface area contributed by atoms with Crippen LogP contribution in [-0.2, 0) is 0 Å². The number of hydrogen-bond acceptors (Lipinski definition) is 3. The molecule has 1 aliphatic heterocycles. The van der Waals surface area contributed by atoms with Gasteiger partial charge >= 0.3 is 0 Å². The maximum absolute atomic E-state index is 12.7. The molecule has 1 aromatic heterocycles. The molecule has 1 fully saturated rings. The van der Waals surface area contributed by atoms with Crippen LogP contribution in [0.3, 0.4) is 0 Å². The first-order valence-electron chi connectivity index (χ1n) is 8.10. The Hall–Kier alpha value is -2.17. The predicted molar refractivity (Wildman–Crippen MR) is 101 cm³/mol. The molecule has 1 amide bonds. The topological polar surface area (TPSA) is 36.7 Å². The van der Waals surface area contributed by atoms with Gasteiger partial charge in [-0.15, -0.1) is 0 Å². The van der Waals surface area contributed by atoms with Crippen molar-refractivity contribution in [1.82, 2.24) is 4.90 Å². The van der Waals surface area contributed by atoms with E-state index in [1.165, 1.54) is 0 Å². The van der Waals surface area contributed by atoms with Crippen molar-refractivity contribution in [3.8, 4) is 0 Å². The van der Waals surface area contributed by atoms with Crippen molar-refractivity contribution in [2.75, 3.05) is 31.1 Å². The lowest BCUT2D eigenvalue weighted by molar-refractivity contribution is 0.0717. The van der Waals surface area contributed by atoms with Gasteiger partial charge in [-0.1, -0.05) is 35.3 Å². The zero-order valence-electron chi connectivity index (χ0n) is 13.4. The number of benzene rings is 2. The van der Waals surface area contributed by atoms with Crippen LogP contribution in [0.2, 0.25) is 10.0 Å². The van der Waals surface area contributed by atoms with Gasteiger partial charge in [0.25, 0.3) is 5.91 Å². The highest BCUT2D eigenvalue weighted by Gasteiger charge is 2.25. The summed E-state index contributed by atoms with van der Waals surface area (Å²) in [5.41, 5.74) is 1.68. The molecule has 128 valence electrons. The summed E-state index contributed by atoms with van der Waals surface area (Å²) in [5, 5.41) is 2.20. The van der Waals surface area contributed by atoms with Crippen LogP contribution in [0.1, 0.15) is 10.6 Å². The number of anilines is 1. The maximum atomic E-state index is 12.7. The monoisotopic (exact) mass is 374 g/mol. The van der Waals surface area contributed by atoms with Crippen LogP contribution in [0.5, 0.6) is 0 Å². The van der Waals surface area contributed by atoms with Gasteiger partial charge in [-0.2, -0.15) is 0 Å². The number of fused-ring (bicyclic) bond motifs is 1. The van der Waals surface area contributed by atoms with Crippen molar-refractivity contribution in [2.24, 2.45) is 0 Å². The van der Waals surface area contributed by atoms with Gasteiger partial charge in [0.15, 0.2) is 5.76 Å². The molecule has 4 nitrogen and oxygen atoms in total. The minimum Gasteiger partial charge on any atom is -0.451 e. The highest BCUT2D eigenvalue weighted by atomic mass is 35.5. The van der Waals surface area contributed by atoms with Crippen molar-refractivity contribution in [3.63, 3.8) is 0 Å². The lowest BCUT2D eigenvalue weighted by Gasteiger charge is -2.36. The molecule has 6 heteroatoms. The van der Waals surface area contributed by atoms with Crippen LogP contribution in [0.25, 0.3) is 11.0 Å². The minimum atomic E-state index is -0.0915. The largest absolute Gasteiger partial charge is 0.451 e. The van der Waals surface area contributed by atoms with Gasteiger partial charge < -0.3 is 14.2 Å². The highest BCUT2D eigenvalue weighted by Crippen LogP contribution is 2.27. The van der Waals surface area contributed by atoms with Gasteiger partial charge in [0, 0.05) is 36.6 Å². The fourth-order valence-electron chi connectivity index (χ4n) is 3.13. The number of rotatable bonds is 2. The molecule has 25 heavy (non-hydrogen) atoms. The zero-order valence-corrected chi connectivity index (χ0v) is 14.9. The Balaban J connectivity index is 1.48. The minimum absolute atomic E-state index is 0.0915. The molecule has 0 spiro atoms.